The number of aryl methyl sites for hydroxylation is 1. The second kappa shape index (κ2) is 12.9. The molecule has 5 heteroatoms. The molecule has 5 nitrogen and oxygen atoms in total. The van der Waals surface area contributed by atoms with Gasteiger partial charge in [-0.25, -0.2) is 9.59 Å². The van der Waals surface area contributed by atoms with E-state index < -0.39 is 24.0 Å². The van der Waals surface area contributed by atoms with Crippen LogP contribution in [0, 0.1) is 0 Å². The summed E-state index contributed by atoms with van der Waals surface area (Å²) in [5, 5.41) is 9.12. The van der Waals surface area contributed by atoms with Crippen molar-refractivity contribution in [3.8, 4) is 11.1 Å². The van der Waals surface area contributed by atoms with Gasteiger partial charge in [-0.15, -0.1) is 0 Å². The number of hydrogen-bond acceptors (Lipinski definition) is 5. The molecule has 2 aromatic rings. The molecule has 0 aromatic heterocycles. The van der Waals surface area contributed by atoms with Gasteiger partial charge < -0.3 is 14.6 Å². The molecular weight excluding hydrogens is 428 g/mol. The van der Waals surface area contributed by atoms with Crippen LogP contribution in [-0.4, -0.2) is 36.9 Å². The fourth-order valence-electron chi connectivity index (χ4n) is 3.46. The molecule has 0 radical (unpaired) electrons. The summed E-state index contributed by atoms with van der Waals surface area (Å²) in [5.41, 5.74) is 3.84. The van der Waals surface area contributed by atoms with Crippen LogP contribution in [-0.2, 0) is 30.9 Å². The van der Waals surface area contributed by atoms with Crippen LogP contribution in [0.25, 0.3) is 11.1 Å². The Morgan fingerprint density at radius 3 is 1.91 bits per heavy atom. The van der Waals surface area contributed by atoms with Crippen molar-refractivity contribution in [2.24, 2.45) is 0 Å². The number of hydrogen-bond donors (Lipinski definition) is 1. The lowest BCUT2D eigenvalue weighted by molar-refractivity contribution is -0.145. The minimum atomic E-state index is -0.793. The van der Waals surface area contributed by atoms with Gasteiger partial charge in [-0.2, -0.15) is 0 Å². The smallest absolute Gasteiger partial charge is 0.335 e. The van der Waals surface area contributed by atoms with Crippen molar-refractivity contribution in [1.29, 1.82) is 0 Å². The van der Waals surface area contributed by atoms with E-state index in [1.807, 2.05) is 31.2 Å². The van der Waals surface area contributed by atoms with E-state index >= 15 is 0 Å². The molecule has 0 aliphatic heterocycles. The van der Waals surface area contributed by atoms with Crippen molar-refractivity contribution in [1.82, 2.24) is 0 Å². The van der Waals surface area contributed by atoms with Gasteiger partial charge in [-0.3, -0.25) is 0 Å². The second-order valence-corrected chi connectivity index (χ2v) is 8.99. The van der Waals surface area contributed by atoms with E-state index in [0.717, 1.165) is 23.1 Å². The van der Waals surface area contributed by atoms with E-state index in [1.54, 1.807) is 6.92 Å². The molecule has 0 saturated heterocycles. The van der Waals surface area contributed by atoms with Crippen molar-refractivity contribution >= 4 is 11.9 Å². The molecule has 0 fully saturated rings. The molecular formula is C29H36O5. The molecule has 1 unspecified atom stereocenters. The highest BCUT2D eigenvalue weighted by Gasteiger charge is 2.31. The number of ether oxygens (including phenoxy) is 2. The van der Waals surface area contributed by atoms with Crippen molar-refractivity contribution in [2.75, 3.05) is 19.8 Å². The Kier molecular flexibility index (Phi) is 10.3. The summed E-state index contributed by atoms with van der Waals surface area (Å²) in [7, 11) is 0. The lowest BCUT2D eigenvalue weighted by Crippen LogP contribution is -2.36. The molecule has 2 rings (SSSR count). The summed E-state index contributed by atoms with van der Waals surface area (Å²) in [6.07, 6.45) is 4.75. The van der Waals surface area contributed by atoms with Crippen molar-refractivity contribution in [3.05, 3.63) is 84.0 Å². The Balaban J connectivity index is 2.19. The van der Waals surface area contributed by atoms with E-state index in [1.165, 1.54) is 24.8 Å². The summed E-state index contributed by atoms with van der Waals surface area (Å²) in [6, 6.07) is 16.5. The van der Waals surface area contributed by atoms with Gasteiger partial charge >= 0.3 is 11.9 Å². The van der Waals surface area contributed by atoms with E-state index in [9.17, 15) is 9.59 Å². The fraction of sp³-hybridized carbons (Fsp3) is 0.379. The van der Waals surface area contributed by atoms with Crippen LogP contribution in [0.3, 0.4) is 0 Å². The van der Waals surface area contributed by atoms with Gasteiger partial charge in [0.2, 0.25) is 0 Å². The maximum atomic E-state index is 12.0. The largest absolute Gasteiger partial charge is 0.461 e. The van der Waals surface area contributed by atoms with Gasteiger partial charge in [0, 0.05) is 5.57 Å². The predicted octanol–water partition coefficient (Wildman–Crippen LogP) is 5.56. The van der Waals surface area contributed by atoms with Crippen LogP contribution in [0.15, 0.2) is 72.8 Å². The summed E-state index contributed by atoms with van der Waals surface area (Å²) < 4.78 is 10.8. The van der Waals surface area contributed by atoms with Gasteiger partial charge in [-0.1, -0.05) is 81.5 Å². The first kappa shape index (κ1) is 27.1. The lowest BCUT2D eigenvalue weighted by atomic mass is 9.83. The molecule has 0 aliphatic carbocycles. The van der Waals surface area contributed by atoms with E-state index in [4.69, 9.17) is 14.6 Å². The Hall–Kier alpha value is -3.18. The Morgan fingerprint density at radius 1 is 0.882 bits per heavy atom. The zero-order valence-corrected chi connectivity index (χ0v) is 20.6. The topological polar surface area (TPSA) is 72.8 Å². The third kappa shape index (κ3) is 7.70. The second-order valence-electron chi connectivity index (χ2n) is 8.99. The van der Waals surface area contributed by atoms with Gasteiger partial charge in [0.15, 0.2) is 0 Å². The number of aliphatic hydroxyl groups is 1. The number of aliphatic hydroxyl groups excluding tert-OH is 1. The zero-order chi connectivity index (χ0) is 25.1. The van der Waals surface area contributed by atoms with Crippen LogP contribution in [0.4, 0.5) is 0 Å². The molecule has 2 aromatic carbocycles. The van der Waals surface area contributed by atoms with Crippen LogP contribution < -0.4 is 0 Å². The molecule has 0 bridgehead atoms. The normalized spacial score (nSPS) is 12.5. The van der Waals surface area contributed by atoms with Crippen LogP contribution in [0.2, 0.25) is 0 Å². The van der Waals surface area contributed by atoms with Crippen molar-refractivity contribution in [2.45, 2.75) is 51.9 Å². The van der Waals surface area contributed by atoms with Crippen LogP contribution in [0.1, 0.15) is 51.2 Å². The highest BCUT2D eigenvalue weighted by molar-refractivity contribution is 5.88. The number of esters is 2. The van der Waals surface area contributed by atoms with Gasteiger partial charge in [0.05, 0.1) is 17.6 Å². The quantitative estimate of drug-likeness (QED) is 0.239. The summed E-state index contributed by atoms with van der Waals surface area (Å²) in [5.74, 6) is -1.19. The summed E-state index contributed by atoms with van der Waals surface area (Å²) in [6.45, 7) is 12.2. The molecule has 1 atom stereocenters. The molecule has 0 heterocycles. The van der Waals surface area contributed by atoms with Crippen molar-refractivity contribution in [3.63, 3.8) is 0 Å². The molecule has 1 N–H and O–H groups in total. The number of carbonyl (C=O) groups excluding carboxylic acids is 2. The lowest BCUT2D eigenvalue weighted by Gasteiger charge is -2.29. The minimum absolute atomic E-state index is 0.00335. The molecule has 182 valence electrons. The molecule has 34 heavy (non-hydrogen) atoms. The Morgan fingerprint density at radius 2 is 1.41 bits per heavy atom. The average Bonchev–Trinajstić information content (AvgIpc) is 2.86. The number of unbranched alkanes of at least 4 members (excludes halogenated alkanes) is 2. The summed E-state index contributed by atoms with van der Waals surface area (Å²) in [4.78, 5) is 24.0. The fourth-order valence-corrected chi connectivity index (χ4v) is 3.46. The number of rotatable bonds is 13. The molecule has 0 spiro atoms. The van der Waals surface area contributed by atoms with Crippen molar-refractivity contribution < 1.29 is 24.2 Å². The maximum Gasteiger partial charge on any atom is 0.335 e. The third-order valence-corrected chi connectivity index (χ3v) is 5.81. The first-order valence-corrected chi connectivity index (χ1v) is 11.7. The minimum Gasteiger partial charge on any atom is -0.461 e. The van der Waals surface area contributed by atoms with Gasteiger partial charge in [-0.05, 0) is 48.9 Å². The molecule has 0 amide bonds. The SMILES string of the molecule is C=C(C)C(=O)OCC(C)(COC(=O)C(=C)CO)c1ccc(-c2ccc(CCCCC)cc2)cc1. The molecule has 0 aliphatic rings. The van der Waals surface area contributed by atoms with E-state index in [-0.39, 0.29) is 18.8 Å². The average molecular weight is 465 g/mol. The summed E-state index contributed by atoms with van der Waals surface area (Å²) >= 11 is 0. The van der Waals surface area contributed by atoms with E-state index in [2.05, 4.69) is 44.3 Å². The maximum absolute atomic E-state index is 12.0. The third-order valence-electron chi connectivity index (χ3n) is 5.81. The van der Waals surface area contributed by atoms with E-state index in [0.29, 0.717) is 5.57 Å². The standard InChI is InChI=1S/C29H36O5/c1-6-7-8-9-23-10-12-24(13-11-23)25-14-16-26(17-15-25)29(5,19-33-27(31)21(2)3)20-34-28(32)22(4)18-30/h10-17,30H,2,4,6-9,18-20H2,1,3,5H3. The number of carbonyl (C=O) groups is 2. The van der Waals surface area contributed by atoms with Gasteiger partial charge in [0.1, 0.15) is 13.2 Å². The molecule has 0 saturated carbocycles. The monoisotopic (exact) mass is 464 g/mol. The first-order valence-electron chi connectivity index (χ1n) is 11.7. The van der Waals surface area contributed by atoms with Crippen LogP contribution >= 0.6 is 0 Å². The van der Waals surface area contributed by atoms with Crippen LogP contribution in [0.5, 0.6) is 0 Å². The highest BCUT2D eigenvalue weighted by atomic mass is 16.5. The zero-order valence-electron chi connectivity index (χ0n) is 20.6. The highest BCUT2D eigenvalue weighted by Crippen LogP contribution is 2.29. The number of benzene rings is 2. The van der Waals surface area contributed by atoms with Gasteiger partial charge in [0.25, 0.3) is 0 Å². The first-order chi connectivity index (χ1) is 16.2. The Bertz CT molecular complexity index is 988. The Labute approximate surface area is 203 Å². The predicted molar refractivity (Wildman–Crippen MR) is 135 cm³/mol.